The van der Waals surface area contributed by atoms with Crippen LogP contribution in [0.4, 0.5) is 5.69 Å². The molecule has 23 heavy (non-hydrogen) atoms. The molecule has 1 N–H and O–H groups in total. The van der Waals surface area contributed by atoms with E-state index in [9.17, 15) is 4.79 Å². The van der Waals surface area contributed by atoms with Crippen molar-refractivity contribution in [2.75, 3.05) is 32.6 Å². The highest BCUT2D eigenvalue weighted by Crippen LogP contribution is 2.17. The normalized spacial score (nSPS) is 10.2. The number of hydrogen-bond donors (Lipinski definition) is 1. The van der Waals surface area contributed by atoms with Crippen molar-refractivity contribution in [2.24, 2.45) is 0 Å². The molecule has 2 rings (SSSR count). The van der Waals surface area contributed by atoms with Gasteiger partial charge >= 0.3 is 0 Å². The molecule has 4 nitrogen and oxygen atoms in total. The Labute approximate surface area is 138 Å². The van der Waals surface area contributed by atoms with E-state index in [1.54, 1.807) is 19.2 Å². The van der Waals surface area contributed by atoms with Crippen molar-refractivity contribution in [3.8, 4) is 5.75 Å². The van der Waals surface area contributed by atoms with Crippen LogP contribution >= 0.6 is 0 Å². The monoisotopic (exact) mass is 312 g/mol. The Balaban J connectivity index is 1.80. The van der Waals surface area contributed by atoms with Crippen LogP contribution in [-0.2, 0) is 6.42 Å². The van der Waals surface area contributed by atoms with Crippen LogP contribution in [0.15, 0.2) is 48.5 Å². The smallest absolute Gasteiger partial charge is 0.255 e. The SMILES string of the molecule is COc1ccccc1C(=O)NCCCc1ccc(N(C)C)cc1. The molecular weight excluding hydrogens is 288 g/mol. The molecule has 0 atom stereocenters. The van der Waals surface area contributed by atoms with Crippen LogP contribution in [0.2, 0.25) is 0 Å². The molecule has 0 saturated heterocycles. The van der Waals surface area contributed by atoms with Crippen molar-refractivity contribution in [2.45, 2.75) is 12.8 Å². The number of carbonyl (C=O) groups excluding carboxylic acids is 1. The number of nitrogens with one attached hydrogen (secondary N) is 1. The molecule has 2 aromatic carbocycles. The lowest BCUT2D eigenvalue weighted by Crippen LogP contribution is -2.25. The molecule has 1 amide bonds. The first kappa shape index (κ1) is 16.9. The fourth-order valence-corrected chi connectivity index (χ4v) is 2.38. The number of methoxy groups -OCH3 is 1. The highest BCUT2D eigenvalue weighted by molar-refractivity contribution is 5.96. The zero-order valence-electron chi connectivity index (χ0n) is 14.0. The Morgan fingerprint density at radius 1 is 1.09 bits per heavy atom. The maximum absolute atomic E-state index is 12.2. The minimum atomic E-state index is -0.0922. The van der Waals surface area contributed by atoms with Crippen LogP contribution in [0.3, 0.4) is 0 Å². The summed E-state index contributed by atoms with van der Waals surface area (Å²) < 4.78 is 5.21. The van der Waals surface area contributed by atoms with Gasteiger partial charge in [-0.25, -0.2) is 0 Å². The van der Waals surface area contributed by atoms with Crippen molar-refractivity contribution in [3.05, 3.63) is 59.7 Å². The molecule has 0 aromatic heterocycles. The van der Waals surface area contributed by atoms with Crippen LogP contribution in [0, 0.1) is 0 Å². The summed E-state index contributed by atoms with van der Waals surface area (Å²) in [5.41, 5.74) is 3.05. The Hall–Kier alpha value is -2.49. The Bertz CT molecular complexity index is 636. The summed E-state index contributed by atoms with van der Waals surface area (Å²) >= 11 is 0. The molecule has 0 spiro atoms. The molecule has 4 heteroatoms. The average molecular weight is 312 g/mol. The lowest BCUT2D eigenvalue weighted by atomic mass is 10.1. The van der Waals surface area contributed by atoms with Crippen LogP contribution < -0.4 is 15.0 Å². The zero-order chi connectivity index (χ0) is 16.7. The molecule has 2 aromatic rings. The highest BCUT2D eigenvalue weighted by Gasteiger charge is 2.10. The predicted molar refractivity (Wildman–Crippen MR) is 94.4 cm³/mol. The molecular formula is C19H24N2O2. The Morgan fingerprint density at radius 2 is 1.78 bits per heavy atom. The summed E-state index contributed by atoms with van der Waals surface area (Å²) in [6, 6.07) is 15.8. The van der Waals surface area contributed by atoms with Gasteiger partial charge in [-0.15, -0.1) is 0 Å². The zero-order valence-corrected chi connectivity index (χ0v) is 14.0. The maximum atomic E-state index is 12.2. The van der Waals surface area contributed by atoms with Gasteiger partial charge in [0, 0.05) is 26.3 Å². The quantitative estimate of drug-likeness (QED) is 0.799. The summed E-state index contributed by atoms with van der Waals surface area (Å²) in [6.45, 7) is 0.645. The summed E-state index contributed by atoms with van der Waals surface area (Å²) in [5.74, 6) is 0.509. The van der Waals surface area contributed by atoms with Gasteiger partial charge < -0.3 is 15.0 Å². The number of rotatable bonds is 7. The van der Waals surface area contributed by atoms with E-state index in [0.29, 0.717) is 17.9 Å². The van der Waals surface area contributed by atoms with Gasteiger partial charge in [-0.05, 0) is 42.7 Å². The number of hydrogen-bond acceptors (Lipinski definition) is 3. The Morgan fingerprint density at radius 3 is 2.43 bits per heavy atom. The summed E-state index contributed by atoms with van der Waals surface area (Å²) in [7, 11) is 5.63. The molecule has 0 aliphatic rings. The minimum Gasteiger partial charge on any atom is -0.496 e. The topological polar surface area (TPSA) is 41.6 Å². The van der Waals surface area contributed by atoms with Crippen LogP contribution in [0.25, 0.3) is 0 Å². The molecule has 0 fully saturated rings. The third kappa shape index (κ3) is 4.74. The van der Waals surface area contributed by atoms with Crippen LogP contribution in [-0.4, -0.2) is 33.7 Å². The summed E-state index contributed by atoms with van der Waals surface area (Å²) in [6.07, 6.45) is 1.85. The molecule has 0 radical (unpaired) electrons. The highest BCUT2D eigenvalue weighted by atomic mass is 16.5. The van der Waals surface area contributed by atoms with Crippen LogP contribution in [0.5, 0.6) is 5.75 Å². The third-order valence-electron chi connectivity index (χ3n) is 3.73. The molecule has 122 valence electrons. The third-order valence-corrected chi connectivity index (χ3v) is 3.73. The maximum Gasteiger partial charge on any atom is 0.255 e. The van der Waals surface area contributed by atoms with E-state index in [1.807, 2.05) is 26.2 Å². The number of carbonyl (C=O) groups is 1. The van der Waals surface area contributed by atoms with Gasteiger partial charge in [-0.3, -0.25) is 4.79 Å². The number of amides is 1. The number of para-hydroxylation sites is 1. The predicted octanol–water partition coefficient (Wildman–Crippen LogP) is 3.12. The summed E-state index contributed by atoms with van der Waals surface area (Å²) in [4.78, 5) is 14.2. The molecule has 0 saturated carbocycles. The Kier molecular flexibility index (Phi) is 6.03. The first-order chi connectivity index (χ1) is 11.1. The fraction of sp³-hybridized carbons (Fsp3) is 0.316. The summed E-state index contributed by atoms with van der Waals surface area (Å²) in [5, 5.41) is 2.95. The van der Waals surface area contributed by atoms with E-state index < -0.39 is 0 Å². The number of benzene rings is 2. The fourth-order valence-electron chi connectivity index (χ4n) is 2.38. The van der Waals surface area contributed by atoms with Crippen molar-refractivity contribution >= 4 is 11.6 Å². The van der Waals surface area contributed by atoms with E-state index in [-0.39, 0.29) is 5.91 Å². The van der Waals surface area contributed by atoms with E-state index in [2.05, 4.69) is 34.5 Å². The van der Waals surface area contributed by atoms with Crippen LogP contribution in [0.1, 0.15) is 22.3 Å². The van der Waals surface area contributed by atoms with Crippen molar-refractivity contribution in [1.29, 1.82) is 0 Å². The lowest BCUT2D eigenvalue weighted by molar-refractivity contribution is 0.0950. The van der Waals surface area contributed by atoms with Crippen molar-refractivity contribution in [3.63, 3.8) is 0 Å². The van der Waals surface area contributed by atoms with Gasteiger partial charge in [0.15, 0.2) is 0 Å². The second-order valence-electron chi connectivity index (χ2n) is 5.62. The molecule has 0 aliphatic heterocycles. The van der Waals surface area contributed by atoms with Gasteiger partial charge in [0.25, 0.3) is 5.91 Å². The average Bonchev–Trinajstić information content (AvgIpc) is 2.58. The van der Waals surface area contributed by atoms with E-state index >= 15 is 0 Å². The van der Waals surface area contributed by atoms with E-state index in [0.717, 1.165) is 12.8 Å². The lowest BCUT2D eigenvalue weighted by Gasteiger charge is -2.12. The van der Waals surface area contributed by atoms with Gasteiger partial charge in [-0.2, -0.15) is 0 Å². The van der Waals surface area contributed by atoms with Gasteiger partial charge in [-0.1, -0.05) is 24.3 Å². The largest absolute Gasteiger partial charge is 0.496 e. The van der Waals surface area contributed by atoms with E-state index in [4.69, 9.17) is 4.74 Å². The standard InChI is InChI=1S/C19H24N2O2/c1-21(2)16-12-10-15(11-13-16)7-6-14-20-19(22)17-8-4-5-9-18(17)23-3/h4-5,8-13H,6-7,14H2,1-3H3,(H,20,22). The van der Waals surface area contributed by atoms with Gasteiger partial charge in [0.2, 0.25) is 0 Å². The molecule has 0 bridgehead atoms. The van der Waals surface area contributed by atoms with Gasteiger partial charge in [0.1, 0.15) is 5.75 Å². The molecule has 0 heterocycles. The minimum absolute atomic E-state index is 0.0922. The first-order valence-corrected chi connectivity index (χ1v) is 7.79. The number of anilines is 1. The van der Waals surface area contributed by atoms with Crippen molar-refractivity contribution in [1.82, 2.24) is 5.32 Å². The van der Waals surface area contributed by atoms with Crippen molar-refractivity contribution < 1.29 is 9.53 Å². The number of nitrogens with zero attached hydrogens (tertiary/aromatic N) is 1. The van der Waals surface area contributed by atoms with E-state index in [1.165, 1.54) is 11.3 Å². The second-order valence-corrected chi connectivity index (χ2v) is 5.62. The number of aryl methyl sites for hydroxylation is 1. The first-order valence-electron chi connectivity index (χ1n) is 7.79. The molecule has 0 unspecified atom stereocenters. The molecule has 0 aliphatic carbocycles. The second kappa shape index (κ2) is 8.22. The van der Waals surface area contributed by atoms with Gasteiger partial charge in [0.05, 0.1) is 12.7 Å². The number of ether oxygens (including phenoxy) is 1.